The molecule has 2 N–H and O–H groups in total. The van der Waals surface area contributed by atoms with E-state index in [4.69, 9.17) is 4.74 Å². The van der Waals surface area contributed by atoms with Crippen LogP contribution in [0.1, 0.15) is 38.7 Å². The van der Waals surface area contributed by atoms with Gasteiger partial charge in [-0.3, -0.25) is 0 Å². The van der Waals surface area contributed by atoms with Crippen LogP contribution in [0.25, 0.3) is 0 Å². The van der Waals surface area contributed by atoms with Crippen molar-refractivity contribution in [2.75, 3.05) is 26.2 Å². The molecule has 2 rings (SSSR count). The summed E-state index contributed by atoms with van der Waals surface area (Å²) in [6.45, 7) is 7.66. The minimum atomic E-state index is -0.259. The summed E-state index contributed by atoms with van der Waals surface area (Å²) in [7, 11) is 0. The quantitative estimate of drug-likeness (QED) is 0.290. The second-order valence-electron chi connectivity index (χ2n) is 5.73. The van der Waals surface area contributed by atoms with E-state index in [2.05, 4.69) is 27.1 Å². The molecule has 0 saturated carbocycles. The number of unbranched alkanes of at least 4 members (excludes halogenated alkanes) is 1. The largest absolute Gasteiger partial charge is 0.477 e. The molecule has 0 spiro atoms. The fourth-order valence-electron chi connectivity index (χ4n) is 2.51. The van der Waals surface area contributed by atoms with Gasteiger partial charge in [-0.1, -0.05) is 19.4 Å². The van der Waals surface area contributed by atoms with E-state index in [9.17, 15) is 5.11 Å². The summed E-state index contributed by atoms with van der Waals surface area (Å²) >= 11 is 0. The molecule has 1 fully saturated rings. The zero-order valence-corrected chi connectivity index (χ0v) is 16.9. The Hall–Kier alpha value is -1.09. The third-order valence-corrected chi connectivity index (χ3v) is 3.78. The average molecular weight is 448 g/mol. The van der Waals surface area contributed by atoms with Crippen molar-refractivity contribution in [3.8, 4) is 5.88 Å². The van der Waals surface area contributed by atoms with Crippen molar-refractivity contribution in [2.45, 2.75) is 45.8 Å². The number of hydrogen-bond acceptors (Lipinski definition) is 4. The van der Waals surface area contributed by atoms with E-state index >= 15 is 0 Å². The zero-order chi connectivity index (χ0) is 16.5. The minimum Gasteiger partial charge on any atom is -0.477 e. The Morgan fingerprint density at radius 1 is 1.50 bits per heavy atom. The Morgan fingerprint density at radius 3 is 3.00 bits per heavy atom. The third kappa shape index (κ3) is 6.43. The summed E-state index contributed by atoms with van der Waals surface area (Å²) in [5.41, 5.74) is 0.985. The number of rotatable bonds is 7. The number of aliphatic hydroxyl groups is 1. The van der Waals surface area contributed by atoms with Crippen LogP contribution >= 0.6 is 24.0 Å². The van der Waals surface area contributed by atoms with E-state index in [-0.39, 0.29) is 30.1 Å². The predicted octanol–water partition coefficient (Wildman–Crippen LogP) is 2.41. The highest BCUT2D eigenvalue weighted by Crippen LogP contribution is 2.16. The van der Waals surface area contributed by atoms with Gasteiger partial charge in [0.2, 0.25) is 5.88 Å². The van der Waals surface area contributed by atoms with Crippen LogP contribution in [0.5, 0.6) is 5.88 Å². The van der Waals surface area contributed by atoms with Gasteiger partial charge in [0, 0.05) is 31.4 Å². The van der Waals surface area contributed by atoms with E-state index in [0.717, 1.165) is 43.9 Å². The van der Waals surface area contributed by atoms with Gasteiger partial charge in [-0.2, -0.15) is 0 Å². The van der Waals surface area contributed by atoms with Gasteiger partial charge in [0.25, 0.3) is 0 Å². The summed E-state index contributed by atoms with van der Waals surface area (Å²) in [6, 6.07) is 3.91. The molecule has 1 aromatic heterocycles. The monoisotopic (exact) mass is 448 g/mol. The maximum Gasteiger partial charge on any atom is 0.218 e. The zero-order valence-electron chi connectivity index (χ0n) is 14.6. The van der Waals surface area contributed by atoms with Gasteiger partial charge >= 0.3 is 0 Å². The lowest BCUT2D eigenvalue weighted by Crippen LogP contribution is -2.40. The van der Waals surface area contributed by atoms with Crippen LogP contribution in [0.3, 0.4) is 0 Å². The standard InChI is InChI=1S/C17H28N4O2.HI/c1-3-5-11-23-16-14(7-6-9-19-16)12-20-17(18-4-2)21-10-8-15(22)13-21;/h6-7,9,15,22H,3-5,8,10-13H2,1-2H3,(H,18,20);1H/t15-;/m1./s1. The van der Waals surface area contributed by atoms with Gasteiger partial charge in [-0.15, -0.1) is 24.0 Å². The smallest absolute Gasteiger partial charge is 0.218 e. The number of aromatic nitrogens is 1. The number of nitrogens with zero attached hydrogens (tertiary/aromatic N) is 3. The van der Waals surface area contributed by atoms with Crippen LogP contribution in [-0.2, 0) is 6.54 Å². The summed E-state index contributed by atoms with van der Waals surface area (Å²) in [4.78, 5) is 11.1. The summed E-state index contributed by atoms with van der Waals surface area (Å²) in [5, 5.41) is 13.0. The van der Waals surface area contributed by atoms with Crippen LogP contribution in [-0.4, -0.2) is 53.3 Å². The van der Waals surface area contributed by atoms with E-state index in [1.165, 1.54) is 0 Å². The molecule has 1 aliphatic rings. The van der Waals surface area contributed by atoms with E-state index in [1.54, 1.807) is 6.20 Å². The van der Waals surface area contributed by atoms with Crippen molar-refractivity contribution >= 4 is 29.9 Å². The number of hydrogen-bond donors (Lipinski definition) is 2. The van der Waals surface area contributed by atoms with Gasteiger partial charge in [-0.25, -0.2) is 9.98 Å². The SMILES string of the molecule is CCCCOc1ncccc1CN=C(NCC)N1CC[C@@H](O)C1.I. The minimum absolute atomic E-state index is 0. The molecule has 6 nitrogen and oxygen atoms in total. The summed E-state index contributed by atoms with van der Waals surface area (Å²) in [5.74, 6) is 1.51. The number of aliphatic hydroxyl groups excluding tert-OH is 1. The number of nitrogens with one attached hydrogen (secondary N) is 1. The number of ether oxygens (including phenoxy) is 1. The molecule has 2 heterocycles. The number of likely N-dealkylation sites (tertiary alicyclic amines) is 1. The molecule has 0 bridgehead atoms. The van der Waals surface area contributed by atoms with Crippen molar-refractivity contribution in [3.63, 3.8) is 0 Å². The molecule has 24 heavy (non-hydrogen) atoms. The Labute approximate surface area is 161 Å². The van der Waals surface area contributed by atoms with Crippen molar-refractivity contribution in [1.29, 1.82) is 0 Å². The number of pyridine rings is 1. The van der Waals surface area contributed by atoms with Crippen molar-refractivity contribution < 1.29 is 9.84 Å². The Bertz CT molecular complexity index is 513. The Kier molecular flexibility index (Phi) is 10.0. The van der Waals surface area contributed by atoms with E-state index < -0.39 is 0 Å². The molecule has 136 valence electrons. The van der Waals surface area contributed by atoms with Crippen molar-refractivity contribution in [3.05, 3.63) is 23.9 Å². The topological polar surface area (TPSA) is 70.0 Å². The molecule has 0 amide bonds. The number of β-amino-alcohol motifs (C(OH)–C–C–N with tert-alkyl or cyclic N) is 1. The number of halogens is 1. The Balaban J connectivity index is 0.00000288. The first-order valence-electron chi connectivity index (χ1n) is 8.52. The normalized spacial score (nSPS) is 17.5. The molecule has 1 aromatic rings. The first kappa shape index (κ1) is 21.0. The summed E-state index contributed by atoms with van der Waals surface area (Å²) in [6.07, 6.45) is 4.40. The average Bonchev–Trinajstić information content (AvgIpc) is 2.99. The van der Waals surface area contributed by atoms with Gasteiger partial charge in [0.15, 0.2) is 5.96 Å². The third-order valence-electron chi connectivity index (χ3n) is 3.78. The van der Waals surface area contributed by atoms with Gasteiger partial charge in [0.1, 0.15) is 0 Å². The lowest BCUT2D eigenvalue weighted by molar-refractivity contribution is 0.188. The molecule has 0 unspecified atom stereocenters. The van der Waals surface area contributed by atoms with E-state index in [1.807, 2.05) is 19.1 Å². The van der Waals surface area contributed by atoms with Crippen LogP contribution in [0, 0.1) is 0 Å². The van der Waals surface area contributed by atoms with Crippen LogP contribution in [0.15, 0.2) is 23.3 Å². The first-order valence-corrected chi connectivity index (χ1v) is 8.52. The molecule has 1 saturated heterocycles. The molecule has 7 heteroatoms. The predicted molar refractivity (Wildman–Crippen MR) is 107 cm³/mol. The lowest BCUT2D eigenvalue weighted by Gasteiger charge is -2.21. The highest BCUT2D eigenvalue weighted by Gasteiger charge is 2.22. The molecule has 1 aliphatic heterocycles. The van der Waals surface area contributed by atoms with E-state index in [0.29, 0.717) is 25.6 Å². The maximum absolute atomic E-state index is 9.71. The highest BCUT2D eigenvalue weighted by atomic mass is 127. The summed E-state index contributed by atoms with van der Waals surface area (Å²) < 4.78 is 5.76. The number of aliphatic imine (C=N–C) groups is 1. The highest BCUT2D eigenvalue weighted by molar-refractivity contribution is 14.0. The van der Waals surface area contributed by atoms with Crippen molar-refractivity contribution in [1.82, 2.24) is 15.2 Å². The van der Waals surface area contributed by atoms with Gasteiger partial charge < -0.3 is 20.1 Å². The molecule has 0 aliphatic carbocycles. The van der Waals surface area contributed by atoms with Gasteiger partial charge in [-0.05, 0) is 25.8 Å². The molecule has 0 aromatic carbocycles. The molecular formula is C17H29IN4O2. The first-order chi connectivity index (χ1) is 11.2. The van der Waals surface area contributed by atoms with Crippen LogP contribution in [0.2, 0.25) is 0 Å². The molecule has 0 radical (unpaired) electrons. The van der Waals surface area contributed by atoms with Crippen LogP contribution < -0.4 is 10.1 Å². The van der Waals surface area contributed by atoms with Crippen molar-refractivity contribution in [2.24, 2.45) is 4.99 Å². The Morgan fingerprint density at radius 2 is 2.33 bits per heavy atom. The van der Waals surface area contributed by atoms with Crippen LogP contribution in [0.4, 0.5) is 0 Å². The molecule has 1 atom stereocenters. The lowest BCUT2D eigenvalue weighted by atomic mass is 10.2. The fraction of sp³-hybridized carbons (Fsp3) is 0.647. The second-order valence-corrected chi connectivity index (χ2v) is 5.73. The number of guanidine groups is 1. The molecular weight excluding hydrogens is 419 g/mol. The van der Waals surface area contributed by atoms with Gasteiger partial charge in [0.05, 0.1) is 19.3 Å². The maximum atomic E-state index is 9.71. The second kappa shape index (κ2) is 11.5. The fourth-order valence-corrected chi connectivity index (χ4v) is 2.51.